The number of hydrogen-bond acceptors (Lipinski definition) is 7. The number of aromatic nitrogens is 3. The summed E-state index contributed by atoms with van der Waals surface area (Å²) in [7, 11) is 0. The third-order valence-electron chi connectivity index (χ3n) is 6.47. The Balaban J connectivity index is 1.47. The minimum absolute atomic E-state index is 0.677. The second-order valence-corrected chi connectivity index (χ2v) is 8.90. The Labute approximate surface area is 212 Å². The van der Waals surface area contributed by atoms with Crippen molar-refractivity contribution in [2.24, 2.45) is 5.10 Å². The summed E-state index contributed by atoms with van der Waals surface area (Å²) < 4.78 is 7.51. The first-order valence-corrected chi connectivity index (χ1v) is 12.6. The molecule has 1 aliphatic rings. The molecule has 4 aromatic rings. The van der Waals surface area contributed by atoms with Gasteiger partial charge in [-0.05, 0) is 38.5 Å². The monoisotopic (exact) mass is 483 g/mol. The standard InChI is InChI=1S/C28H33N7O/c1-4-33(5-2)24-11-9-23(10-12-24)25-18-27-30-26(31-29-20-22-8-6-7-21(3)17-22)19-28(35(27)32-25)34-13-15-36-16-14-34/h6-12,17-20H,4-5,13-16H2,1-3H3,(H,30,31). The Morgan fingerprint density at radius 3 is 2.53 bits per heavy atom. The second kappa shape index (κ2) is 10.8. The third kappa shape index (κ3) is 5.18. The molecule has 1 saturated heterocycles. The van der Waals surface area contributed by atoms with E-state index in [0.29, 0.717) is 19.0 Å². The van der Waals surface area contributed by atoms with Gasteiger partial charge < -0.3 is 14.5 Å². The smallest absolute Gasteiger partial charge is 0.160 e. The fourth-order valence-electron chi connectivity index (χ4n) is 4.53. The Morgan fingerprint density at radius 2 is 1.81 bits per heavy atom. The number of rotatable bonds is 8. The van der Waals surface area contributed by atoms with Crippen LogP contribution in [0.1, 0.15) is 25.0 Å². The highest BCUT2D eigenvalue weighted by Crippen LogP contribution is 2.27. The van der Waals surface area contributed by atoms with E-state index in [9.17, 15) is 0 Å². The maximum atomic E-state index is 5.58. The summed E-state index contributed by atoms with van der Waals surface area (Å²) in [6, 6.07) is 20.9. The molecular formula is C28H33N7O. The van der Waals surface area contributed by atoms with E-state index < -0.39 is 0 Å². The first-order chi connectivity index (χ1) is 17.6. The van der Waals surface area contributed by atoms with Gasteiger partial charge in [-0.3, -0.25) is 5.43 Å². The van der Waals surface area contributed by atoms with Crippen molar-refractivity contribution in [1.29, 1.82) is 0 Å². The summed E-state index contributed by atoms with van der Waals surface area (Å²) >= 11 is 0. The van der Waals surface area contributed by atoms with Crippen molar-refractivity contribution in [2.45, 2.75) is 20.8 Å². The van der Waals surface area contributed by atoms with Crippen LogP contribution in [-0.2, 0) is 4.74 Å². The number of hydrogen-bond donors (Lipinski definition) is 1. The van der Waals surface area contributed by atoms with Gasteiger partial charge in [-0.15, -0.1) is 0 Å². The van der Waals surface area contributed by atoms with Crippen LogP contribution in [0.2, 0.25) is 0 Å². The van der Waals surface area contributed by atoms with Crippen molar-refractivity contribution in [3.8, 4) is 11.3 Å². The van der Waals surface area contributed by atoms with E-state index in [1.165, 1.54) is 11.3 Å². The largest absolute Gasteiger partial charge is 0.378 e. The molecule has 1 fully saturated rings. The molecule has 2 aromatic carbocycles. The molecule has 3 heterocycles. The number of nitrogens with one attached hydrogen (secondary N) is 1. The highest BCUT2D eigenvalue weighted by Gasteiger charge is 2.18. The molecule has 1 N–H and O–H groups in total. The molecule has 0 unspecified atom stereocenters. The highest BCUT2D eigenvalue weighted by molar-refractivity contribution is 5.80. The van der Waals surface area contributed by atoms with E-state index in [1.54, 1.807) is 0 Å². The highest BCUT2D eigenvalue weighted by atomic mass is 16.5. The minimum Gasteiger partial charge on any atom is -0.378 e. The van der Waals surface area contributed by atoms with Crippen LogP contribution < -0.4 is 15.2 Å². The molecule has 0 radical (unpaired) electrons. The number of anilines is 3. The molecule has 36 heavy (non-hydrogen) atoms. The molecule has 2 aromatic heterocycles. The average Bonchev–Trinajstić information content (AvgIpc) is 3.34. The van der Waals surface area contributed by atoms with Crippen LogP contribution >= 0.6 is 0 Å². The van der Waals surface area contributed by atoms with E-state index in [4.69, 9.17) is 14.8 Å². The van der Waals surface area contributed by atoms with E-state index >= 15 is 0 Å². The number of ether oxygens (including phenoxy) is 1. The lowest BCUT2D eigenvalue weighted by atomic mass is 10.1. The van der Waals surface area contributed by atoms with Crippen LogP contribution in [0, 0.1) is 6.92 Å². The maximum Gasteiger partial charge on any atom is 0.160 e. The van der Waals surface area contributed by atoms with Gasteiger partial charge in [0, 0.05) is 49.6 Å². The fraction of sp³-hybridized carbons (Fsp3) is 0.321. The van der Waals surface area contributed by atoms with Crippen LogP contribution in [0.25, 0.3) is 16.9 Å². The molecule has 8 heteroatoms. The molecule has 8 nitrogen and oxygen atoms in total. The van der Waals surface area contributed by atoms with Gasteiger partial charge in [-0.2, -0.15) is 14.7 Å². The summed E-state index contributed by atoms with van der Waals surface area (Å²) in [4.78, 5) is 9.43. The molecule has 0 aliphatic carbocycles. The summed E-state index contributed by atoms with van der Waals surface area (Å²) in [6.45, 7) is 11.4. The number of nitrogens with zero attached hydrogens (tertiary/aromatic N) is 6. The van der Waals surface area contributed by atoms with Gasteiger partial charge in [-0.25, -0.2) is 4.98 Å². The zero-order valence-corrected chi connectivity index (χ0v) is 21.2. The Kier molecular flexibility index (Phi) is 7.13. The Hall–Kier alpha value is -3.91. The van der Waals surface area contributed by atoms with Gasteiger partial charge >= 0.3 is 0 Å². The predicted molar refractivity (Wildman–Crippen MR) is 147 cm³/mol. The SMILES string of the molecule is CCN(CC)c1ccc(-c2cc3nc(NN=Cc4cccc(C)c4)cc(N4CCOCC4)n3n2)cc1. The maximum absolute atomic E-state index is 5.58. The molecule has 5 rings (SSSR count). The lowest BCUT2D eigenvalue weighted by Gasteiger charge is -2.29. The molecule has 186 valence electrons. The first-order valence-electron chi connectivity index (χ1n) is 12.6. The van der Waals surface area contributed by atoms with E-state index in [-0.39, 0.29) is 0 Å². The summed E-state index contributed by atoms with van der Waals surface area (Å²) in [6.07, 6.45) is 1.81. The topological polar surface area (TPSA) is 70.3 Å². The second-order valence-electron chi connectivity index (χ2n) is 8.90. The molecular weight excluding hydrogens is 450 g/mol. The van der Waals surface area contributed by atoms with Crippen LogP contribution in [0.4, 0.5) is 17.3 Å². The third-order valence-corrected chi connectivity index (χ3v) is 6.47. The molecule has 0 amide bonds. The van der Waals surface area contributed by atoms with Crippen LogP contribution in [0.5, 0.6) is 0 Å². The number of aryl methyl sites for hydroxylation is 1. The summed E-state index contributed by atoms with van der Waals surface area (Å²) in [5.74, 6) is 1.65. The van der Waals surface area contributed by atoms with Crippen LogP contribution in [-0.4, -0.2) is 60.2 Å². The van der Waals surface area contributed by atoms with E-state index in [2.05, 4.69) is 77.5 Å². The lowest BCUT2D eigenvalue weighted by molar-refractivity contribution is 0.122. The molecule has 0 bridgehead atoms. The Bertz CT molecular complexity index is 1340. The van der Waals surface area contributed by atoms with Crippen molar-refractivity contribution in [3.63, 3.8) is 0 Å². The van der Waals surface area contributed by atoms with Gasteiger partial charge in [0.05, 0.1) is 25.1 Å². The van der Waals surface area contributed by atoms with Crippen molar-refractivity contribution < 1.29 is 4.74 Å². The molecule has 0 atom stereocenters. The lowest BCUT2D eigenvalue weighted by Crippen LogP contribution is -2.37. The van der Waals surface area contributed by atoms with Crippen molar-refractivity contribution in [1.82, 2.24) is 14.6 Å². The zero-order chi connectivity index (χ0) is 24.9. The van der Waals surface area contributed by atoms with Gasteiger partial charge in [0.15, 0.2) is 11.5 Å². The van der Waals surface area contributed by atoms with Crippen LogP contribution in [0.15, 0.2) is 65.8 Å². The number of hydrazone groups is 1. The van der Waals surface area contributed by atoms with Crippen molar-refractivity contribution in [3.05, 3.63) is 71.8 Å². The number of benzene rings is 2. The normalized spacial score (nSPS) is 14.0. The van der Waals surface area contributed by atoms with Crippen molar-refractivity contribution in [2.75, 3.05) is 54.6 Å². The van der Waals surface area contributed by atoms with Crippen molar-refractivity contribution >= 4 is 29.2 Å². The Morgan fingerprint density at radius 1 is 1.03 bits per heavy atom. The van der Waals surface area contributed by atoms with Gasteiger partial charge in [-0.1, -0.05) is 42.0 Å². The molecule has 0 spiro atoms. The predicted octanol–water partition coefficient (Wildman–Crippen LogP) is 4.83. The summed E-state index contributed by atoms with van der Waals surface area (Å²) in [5, 5.41) is 9.38. The molecule has 1 aliphatic heterocycles. The van der Waals surface area contributed by atoms with Crippen LogP contribution in [0.3, 0.4) is 0 Å². The average molecular weight is 484 g/mol. The van der Waals surface area contributed by atoms with E-state index in [1.807, 2.05) is 35.0 Å². The number of morpholine rings is 1. The van der Waals surface area contributed by atoms with Gasteiger partial charge in [0.25, 0.3) is 0 Å². The van der Waals surface area contributed by atoms with Gasteiger partial charge in [0.2, 0.25) is 0 Å². The quantitative estimate of drug-likeness (QED) is 0.286. The summed E-state index contributed by atoms with van der Waals surface area (Å²) in [5.41, 5.74) is 9.31. The van der Waals surface area contributed by atoms with E-state index in [0.717, 1.165) is 54.5 Å². The minimum atomic E-state index is 0.677. The first kappa shape index (κ1) is 23.8. The fourth-order valence-corrected chi connectivity index (χ4v) is 4.53. The zero-order valence-electron chi connectivity index (χ0n) is 21.2. The van der Waals surface area contributed by atoms with Gasteiger partial charge in [0.1, 0.15) is 5.82 Å². The number of fused-ring (bicyclic) bond motifs is 1. The molecule has 0 saturated carbocycles.